The molecule has 0 radical (unpaired) electrons. The summed E-state index contributed by atoms with van der Waals surface area (Å²) in [5, 5.41) is 4.25. The van der Waals surface area contributed by atoms with Crippen molar-refractivity contribution in [2.45, 2.75) is 6.61 Å². The van der Waals surface area contributed by atoms with E-state index in [0.717, 1.165) is 11.5 Å². The predicted octanol–water partition coefficient (Wildman–Crippen LogP) is 1.84. The van der Waals surface area contributed by atoms with E-state index in [-0.39, 0.29) is 12.4 Å². The van der Waals surface area contributed by atoms with Gasteiger partial charge in [-0.3, -0.25) is 0 Å². The lowest BCUT2D eigenvalue weighted by Crippen LogP contribution is -2.00. The van der Waals surface area contributed by atoms with Gasteiger partial charge in [0.25, 0.3) is 0 Å². The zero-order chi connectivity index (χ0) is 10.7. The minimum absolute atomic E-state index is 0.128. The van der Waals surface area contributed by atoms with Crippen molar-refractivity contribution in [2.75, 3.05) is 5.73 Å². The van der Waals surface area contributed by atoms with E-state index in [1.807, 2.05) is 0 Å². The highest BCUT2D eigenvalue weighted by Gasteiger charge is 2.06. The number of para-hydroxylation sites is 1. The fourth-order valence-corrected chi connectivity index (χ4v) is 1.46. The van der Waals surface area contributed by atoms with Gasteiger partial charge >= 0.3 is 0 Å². The van der Waals surface area contributed by atoms with Crippen LogP contribution in [0.4, 0.5) is 9.39 Å². The number of nitrogen functional groups attached to an aromatic ring is 1. The Morgan fingerprint density at radius 2 is 2.20 bits per heavy atom. The quantitative estimate of drug-likeness (QED) is 0.865. The number of halogens is 1. The van der Waals surface area contributed by atoms with Gasteiger partial charge in [0.05, 0.1) is 0 Å². The standard InChI is InChI=1S/C9H8FN3OS/c10-6-3-1-2-4-8(6)14-5-7-9(11)15-13-12-7/h1-4H,5,11H2. The Bertz CT molecular complexity index is 460. The van der Waals surface area contributed by atoms with Crippen molar-refractivity contribution in [1.29, 1.82) is 0 Å². The Balaban J connectivity index is 2.06. The third kappa shape index (κ3) is 2.21. The second-order valence-corrected chi connectivity index (χ2v) is 3.59. The van der Waals surface area contributed by atoms with Crippen molar-refractivity contribution in [3.8, 4) is 5.75 Å². The molecule has 1 heterocycles. The molecule has 0 fully saturated rings. The van der Waals surface area contributed by atoms with Gasteiger partial charge in [-0.15, -0.1) is 5.10 Å². The summed E-state index contributed by atoms with van der Waals surface area (Å²) in [5.41, 5.74) is 6.09. The van der Waals surface area contributed by atoms with Crippen LogP contribution in [0.5, 0.6) is 5.75 Å². The van der Waals surface area contributed by atoms with Crippen LogP contribution in [-0.2, 0) is 6.61 Å². The van der Waals surface area contributed by atoms with Gasteiger partial charge in [0.15, 0.2) is 11.6 Å². The lowest BCUT2D eigenvalue weighted by atomic mass is 10.3. The lowest BCUT2D eigenvalue weighted by Gasteiger charge is -2.04. The van der Waals surface area contributed by atoms with Gasteiger partial charge < -0.3 is 10.5 Å². The van der Waals surface area contributed by atoms with E-state index in [9.17, 15) is 4.39 Å². The summed E-state index contributed by atoms with van der Waals surface area (Å²) in [6.45, 7) is 0.128. The molecule has 2 aromatic rings. The van der Waals surface area contributed by atoms with Crippen LogP contribution in [0.3, 0.4) is 0 Å². The van der Waals surface area contributed by atoms with Crippen molar-refractivity contribution in [3.63, 3.8) is 0 Å². The van der Waals surface area contributed by atoms with Crippen molar-refractivity contribution in [2.24, 2.45) is 0 Å². The summed E-state index contributed by atoms with van der Waals surface area (Å²) < 4.78 is 22.0. The van der Waals surface area contributed by atoms with Gasteiger partial charge in [-0.05, 0) is 12.1 Å². The van der Waals surface area contributed by atoms with Crippen LogP contribution in [-0.4, -0.2) is 9.59 Å². The van der Waals surface area contributed by atoms with E-state index in [0.29, 0.717) is 10.7 Å². The number of hydrogen-bond acceptors (Lipinski definition) is 5. The van der Waals surface area contributed by atoms with E-state index in [1.54, 1.807) is 18.2 Å². The van der Waals surface area contributed by atoms with Crippen LogP contribution in [0, 0.1) is 5.82 Å². The molecule has 6 heteroatoms. The summed E-state index contributed by atoms with van der Waals surface area (Å²) in [4.78, 5) is 0. The topological polar surface area (TPSA) is 61.0 Å². The van der Waals surface area contributed by atoms with E-state index in [1.165, 1.54) is 6.07 Å². The maximum absolute atomic E-state index is 13.1. The summed E-state index contributed by atoms with van der Waals surface area (Å²) in [5.74, 6) is -0.218. The molecule has 2 N–H and O–H groups in total. The van der Waals surface area contributed by atoms with E-state index < -0.39 is 5.82 Å². The van der Waals surface area contributed by atoms with Crippen LogP contribution in [0.15, 0.2) is 24.3 Å². The fraction of sp³-hybridized carbons (Fsp3) is 0.111. The molecule has 78 valence electrons. The SMILES string of the molecule is Nc1snnc1COc1ccccc1F. The molecule has 0 bridgehead atoms. The van der Waals surface area contributed by atoms with Crippen LogP contribution in [0.1, 0.15) is 5.69 Å². The van der Waals surface area contributed by atoms with E-state index in [2.05, 4.69) is 9.59 Å². The third-order valence-corrected chi connectivity index (χ3v) is 2.38. The van der Waals surface area contributed by atoms with Crippen LogP contribution in [0.25, 0.3) is 0 Å². The minimum atomic E-state index is -0.403. The molecular weight excluding hydrogens is 217 g/mol. The number of benzene rings is 1. The van der Waals surface area contributed by atoms with Crippen LogP contribution >= 0.6 is 11.5 Å². The highest BCUT2D eigenvalue weighted by atomic mass is 32.1. The summed E-state index contributed by atoms with van der Waals surface area (Å²) >= 11 is 1.09. The van der Waals surface area contributed by atoms with Crippen molar-refractivity contribution in [1.82, 2.24) is 9.59 Å². The molecule has 0 saturated carbocycles. The fourth-order valence-electron chi connectivity index (χ4n) is 1.02. The monoisotopic (exact) mass is 225 g/mol. The summed E-state index contributed by atoms with van der Waals surface area (Å²) in [6.07, 6.45) is 0. The van der Waals surface area contributed by atoms with E-state index >= 15 is 0 Å². The smallest absolute Gasteiger partial charge is 0.165 e. The van der Waals surface area contributed by atoms with E-state index in [4.69, 9.17) is 10.5 Å². The summed E-state index contributed by atoms with van der Waals surface area (Å²) in [7, 11) is 0. The summed E-state index contributed by atoms with van der Waals surface area (Å²) in [6, 6.07) is 6.17. The normalized spacial score (nSPS) is 10.2. The van der Waals surface area contributed by atoms with Gasteiger partial charge in [-0.2, -0.15) is 0 Å². The number of anilines is 1. The second kappa shape index (κ2) is 4.22. The first kappa shape index (κ1) is 9.85. The first-order chi connectivity index (χ1) is 7.27. The molecule has 0 spiro atoms. The van der Waals surface area contributed by atoms with Crippen LogP contribution in [0.2, 0.25) is 0 Å². The molecule has 0 amide bonds. The minimum Gasteiger partial charge on any atom is -0.484 e. The molecule has 0 unspecified atom stereocenters. The lowest BCUT2D eigenvalue weighted by molar-refractivity contribution is 0.286. The average molecular weight is 225 g/mol. The number of aromatic nitrogens is 2. The highest BCUT2D eigenvalue weighted by molar-refractivity contribution is 7.09. The molecule has 0 saturated heterocycles. The molecule has 1 aromatic heterocycles. The molecule has 0 aliphatic rings. The Morgan fingerprint density at radius 3 is 2.87 bits per heavy atom. The Kier molecular flexibility index (Phi) is 2.77. The molecular formula is C9H8FN3OS. The molecule has 0 aliphatic heterocycles. The Labute approximate surface area is 89.7 Å². The van der Waals surface area contributed by atoms with Crippen molar-refractivity contribution in [3.05, 3.63) is 35.8 Å². The molecule has 4 nitrogen and oxygen atoms in total. The molecule has 2 rings (SSSR count). The second-order valence-electron chi connectivity index (χ2n) is 2.80. The molecule has 0 atom stereocenters. The van der Waals surface area contributed by atoms with Gasteiger partial charge in [-0.1, -0.05) is 16.6 Å². The highest BCUT2D eigenvalue weighted by Crippen LogP contribution is 2.19. The zero-order valence-electron chi connectivity index (χ0n) is 7.68. The van der Waals surface area contributed by atoms with Gasteiger partial charge in [0.1, 0.15) is 17.3 Å². The Hall–Kier alpha value is -1.69. The first-order valence-electron chi connectivity index (χ1n) is 4.21. The first-order valence-corrected chi connectivity index (χ1v) is 4.99. The van der Waals surface area contributed by atoms with Crippen molar-refractivity contribution < 1.29 is 9.13 Å². The van der Waals surface area contributed by atoms with Crippen molar-refractivity contribution >= 4 is 16.5 Å². The number of nitrogens with zero attached hydrogens (tertiary/aromatic N) is 2. The number of ether oxygens (including phenoxy) is 1. The Morgan fingerprint density at radius 1 is 1.40 bits per heavy atom. The number of hydrogen-bond donors (Lipinski definition) is 1. The number of nitrogens with two attached hydrogens (primary N) is 1. The zero-order valence-corrected chi connectivity index (χ0v) is 8.50. The van der Waals surface area contributed by atoms with Gasteiger partial charge in [0, 0.05) is 11.5 Å². The largest absolute Gasteiger partial charge is 0.484 e. The molecule has 1 aromatic carbocycles. The molecule has 0 aliphatic carbocycles. The maximum Gasteiger partial charge on any atom is 0.165 e. The third-order valence-electron chi connectivity index (χ3n) is 1.79. The van der Waals surface area contributed by atoms with Crippen LogP contribution < -0.4 is 10.5 Å². The number of rotatable bonds is 3. The predicted molar refractivity (Wildman–Crippen MR) is 55.1 cm³/mol. The van der Waals surface area contributed by atoms with Gasteiger partial charge in [0.2, 0.25) is 0 Å². The maximum atomic E-state index is 13.1. The average Bonchev–Trinajstić information content (AvgIpc) is 2.63. The molecule has 15 heavy (non-hydrogen) atoms. The van der Waals surface area contributed by atoms with Gasteiger partial charge in [-0.25, -0.2) is 4.39 Å².